The first-order chi connectivity index (χ1) is 24.9. The van der Waals surface area contributed by atoms with Gasteiger partial charge in [0.2, 0.25) is 0 Å². The summed E-state index contributed by atoms with van der Waals surface area (Å²) in [4.78, 5) is 3.51. The molecule has 0 amide bonds. The van der Waals surface area contributed by atoms with E-state index in [0.29, 0.717) is 43.8 Å². The van der Waals surface area contributed by atoms with Gasteiger partial charge in [-0.25, -0.2) is 4.39 Å². The summed E-state index contributed by atoms with van der Waals surface area (Å²) in [5.41, 5.74) is -0.552. The monoisotopic (exact) mass is 774 g/mol. The standard InChI is InChI=1S/C43H39ClF4N2O3S/c1-40(2,3)21-10-12-33-24(14-21)26-16-23(42(7,8)9)17-27(37(26)49-33)29-18-28-25-19-31(44)32(45)20-35(25)50-34-13-11-22(41(4,5)6)15-30(34)36(38(28)50)39(29)53-54(51,52)43(46,47)48/h10-20,49H,1-9H3. The molecule has 3 aromatic heterocycles. The molecule has 280 valence electrons. The number of alkyl halides is 3. The number of fused-ring (bicyclic) bond motifs is 9. The number of nitrogens with zero attached hydrogens (tertiary/aromatic N) is 1. The van der Waals surface area contributed by atoms with Crippen molar-refractivity contribution in [3.05, 3.63) is 94.3 Å². The number of hydrogen-bond acceptors (Lipinski definition) is 3. The van der Waals surface area contributed by atoms with Crippen LogP contribution in [0.5, 0.6) is 5.75 Å². The first-order valence-corrected chi connectivity index (χ1v) is 19.4. The van der Waals surface area contributed by atoms with Gasteiger partial charge in [-0.05, 0) is 81.5 Å². The zero-order valence-electron chi connectivity index (χ0n) is 31.3. The van der Waals surface area contributed by atoms with Gasteiger partial charge in [-0.2, -0.15) is 21.6 Å². The van der Waals surface area contributed by atoms with Crippen LogP contribution in [-0.4, -0.2) is 23.3 Å². The molecule has 8 rings (SSSR count). The average Bonchev–Trinajstić information content (AvgIpc) is 3.69. The van der Waals surface area contributed by atoms with Gasteiger partial charge >= 0.3 is 15.6 Å². The Morgan fingerprint density at radius 1 is 0.648 bits per heavy atom. The van der Waals surface area contributed by atoms with Crippen molar-refractivity contribution in [3.8, 4) is 16.9 Å². The largest absolute Gasteiger partial charge is 0.534 e. The Labute approximate surface area is 315 Å². The summed E-state index contributed by atoms with van der Waals surface area (Å²) in [6, 6.07) is 20.1. The highest BCUT2D eigenvalue weighted by atomic mass is 35.5. The fourth-order valence-corrected chi connectivity index (χ4v) is 8.25. The molecular formula is C43H39ClF4N2O3S. The number of aromatic nitrogens is 2. The van der Waals surface area contributed by atoms with Crippen LogP contribution in [0.1, 0.15) is 79.0 Å². The molecule has 0 bridgehead atoms. The molecule has 5 aromatic carbocycles. The molecule has 5 nitrogen and oxygen atoms in total. The van der Waals surface area contributed by atoms with E-state index >= 15 is 4.39 Å². The number of rotatable bonds is 3. The van der Waals surface area contributed by atoms with E-state index in [1.165, 1.54) is 12.1 Å². The van der Waals surface area contributed by atoms with Crippen LogP contribution in [0.3, 0.4) is 0 Å². The van der Waals surface area contributed by atoms with Crippen molar-refractivity contribution < 1.29 is 30.2 Å². The van der Waals surface area contributed by atoms with Gasteiger partial charge in [0.15, 0.2) is 5.75 Å². The SMILES string of the molecule is CC(C)(C)c1ccc2[nH]c3c(-c4cc5c6cc(Cl)c(F)cc6n6c7ccc(C(C)(C)C)cc7c(c4OS(=O)(=O)C(F)(F)F)c56)cc(C(C)(C)C)cc3c2c1. The lowest BCUT2D eigenvalue weighted by Crippen LogP contribution is -2.28. The van der Waals surface area contributed by atoms with Gasteiger partial charge in [-0.1, -0.05) is 86.0 Å². The second-order valence-corrected chi connectivity index (χ2v) is 19.4. The van der Waals surface area contributed by atoms with Gasteiger partial charge in [0, 0.05) is 49.6 Å². The van der Waals surface area contributed by atoms with Crippen molar-refractivity contribution in [2.24, 2.45) is 0 Å². The summed E-state index contributed by atoms with van der Waals surface area (Å²) in [7, 11) is -6.18. The highest BCUT2D eigenvalue weighted by Crippen LogP contribution is 2.52. The molecule has 0 spiro atoms. The topological polar surface area (TPSA) is 63.6 Å². The predicted molar refractivity (Wildman–Crippen MR) is 213 cm³/mol. The van der Waals surface area contributed by atoms with Crippen LogP contribution in [0, 0.1) is 5.82 Å². The number of H-pyrrole nitrogens is 1. The Bertz CT molecular complexity index is 2990. The lowest BCUT2D eigenvalue weighted by molar-refractivity contribution is -0.0499. The van der Waals surface area contributed by atoms with E-state index in [1.807, 2.05) is 77.9 Å². The van der Waals surface area contributed by atoms with E-state index in [-0.39, 0.29) is 26.8 Å². The third-order valence-electron chi connectivity index (χ3n) is 10.6. The summed E-state index contributed by atoms with van der Waals surface area (Å²) in [6.45, 7) is 18.5. The minimum atomic E-state index is -6.18. The maximum Gasteiger partial charge on any atom is 0.534 e. The Morgan fingerprint density at radius 2 is 1.24 bits per heavy atom. The number of nitrogens with one attached hydrogen (secondary N) is 1. The van der Waals surface area contributed by atoms with Crippen LogP contribution >= 0.6 is 11.6 Å². The van der Waals surface area contributed by atoms with Crippen LogP contribution in [0.4, 0.5) is 17.6 Å². The number of halogens is 5. The van der Waals surface area contributed by atoms with Gasteiger partial charge in [-0.15, -0.1) is 0 Å². The maximum absolute atomic E-state index is 15.2. The fourth-order valence-electron chi connectivity index (χ4n) is 7.60. The van der Waals surface area contributed by atoms with Gasteiger partial charge < -0.3 is 13.6 Å². The summed E-state index contributed by atoms with van der Waals surface area (Å²) < 4.78 is 91.7. The molecule has 0 atom stereocenters. The van der Waals surface area contributed by atoms with Crippen LogP contribution < -0.4 is 4.18 Å². The van der Waals surface area contributed by atoms with Crippen molar-refractivity contribution in [1.82, 2.24) is 9.38 Å². The molecule has 0 unspecified atom stereocenters. The smallest absolute Gasteiger partial charge is 0.375 e. The zero-order chi connectivity index (χ0) is 39.2. The normalized spacial score (nSPS) is 13.9. The van der Waals surface area contributed by atoms with Crippen LogP contribution in [0.2, 0.25) is 5.02 Å². The van der Waals surface area contributed by atoms with Gasteiger partial charge in [-0.3, -0.25) is 0 Å². The zero-order valence-corrected chi connectivity index (χ0v) is 32.9. The Balaban J connectivity index is 1.64. The minimum Gasteiger partial charge on any atom is -0.375 e. The van der Waals surface area contributed by atoms with Crippen LogP contribution in [0.15, 0.2) is 66.7 Å². The lowest BCUT2D eigenvalue weighted by Gasteiger charge is -2.22. The highest BCUT2D eigenvalue weighted by molar-refractivity contribution is 7.88. The van der Waals surface area contributed by atoms with Gasteiger partial charge in [0.25, 0.3) is 0 Å². The molecule has 1 N–H and O–H groups in total. The van der Waals surface area contributed by atoms with Crippen molar-refractivity contribution in [2.75, 3.05) is 0 Å². The van der Waals surface area contributed by atoms with E-state index < -0.39 is 32.6 Å². The number of benzene rings is 5. The van der Waals surface area contributed by atoms with E-state index in [1.54, 1.807) is 10.5 Å². The summed E-state index contributed by atoms with van der Waals surface area (Å²) in [5, 5.41) is 3.32. The number of aromatic amines is 1. The maximum atomic E-state index is 15.2. The lowest BCUT2D eigenvalue weighted by atomic mass is 9.83. The highest BCUT2D eigenvalue weighted by Gasteiger charge is 2.49. The second kappa shape index (κ2) is 11.3. The van der Waals surface area contributed by atoms with Crippen molar-refractivity contribution in [2.45, 2.75) is 84.1 Å². The van der Waals surface area contributed by atoms with Crippen LogP contribution in [-0.2, 0) is 26.4 Å². The molecule has 8 aromatic rings. The molecule has 0 aliphatic carbocycles. The molecule has 0 saturated heterocycles. The molecule has 0 radical (unpaired) electrons. The molecule has 0 aliphatic rings. The average molecular weight is 775 g/mol. The summed E-state index contributed by atoms with van der Waals surface area (Å²) in [5.74, 6) is -1.14. The minimum absolute atomic E-state index is 0.123. The Morgan fingerprint density at radius 3 is 1.85 bits per heavy atom. The molecule has 54 heavy (non-hydrogen) atoms. The fraction of sp³-hybridized carbons (Fsp3) is 0.302. The molecule has 0 saturated carbocycles. The van der Waals surface area contributed by atoms with Gasteiger partial charge in [0.05, 0.1) is 32.5 Å². The summed E-state index contributed by atoms with van der Waals surface area (Å²) >= 11 is 6.37. The van der Waals surface area contributed by atoms with Crippen molar-refractivity contribution >= 4 is 81.6 Å². The quantitative estimate of drug-likeness (QED) is 0.110. The third kappa shape index (κ3) is 5.42. The summed E-state index contributed by atoms with van der Waals surface area (Å²) in [6.07, 6.45) is 0. The van der Waals surface area contributed by atoms with E-state index in [2.05, 4.69) is 37.9 Å². The molecular weight excluding hydrogens is 736 g/mol. The van der Waals surface area contributed by atoms with Crippen molar-refractivity contribution in [3.63, 3.8) is 0 Å². The van der Waals surface area contributed by atoms with Crippen molar-refractivity contribution in [1.29, 1.82) is 0 Å². The van der Waals surface area contributed by atoms with E-state index in [0.717, 1.165) is 33.0 Å². The Kier molecular flexibility index (Phi) is 7.60. The number of hydrogen-bond donors (Lipinski definition) is 1. The Hall–Kier alpha value is -4.54. The van der Waals surface area contributed by atoms with E-state index in [9.17, 15) is 21.6 Å². The molecule has 11 heteroatoms. The second-order valence-electron chi connectivity index (χ2n) is 17.4. The third-order valence-corrected chi connectivity index (χ3v) is 11.9. The first kappa shape index (κ1) is 36.4. The van der Waals surface area contributed by atoms with E-state index in [4.69, 9.17) is 15.8 Å². The molecule has 0 aliphatic heterocycles. The van der Waals surface area contributed by atoms with Crippen LogP contribution in [0.25, 0.3) is 71.0 Å². The first-order valence-electron chi connectivity index (χ1n) is 17.6. The molecule has 3 heterocycles. The molecule has 0 fully saturated rings. The predicted octanol–water partition coefficient (Wildman–Crippen LogP) is 13.1. The van der Waals surface area contributed by atoms with Gasteiger partial charge in [0.1, 0.15) is 5.82 Å².